The summed E-state index contributed by atoms with van der Waals surface area (Å²) in [6.07, 6.45) is -0.770. The molecule has 1 aromatic carbocycles. The number of thioether (sulfide) groups is 1. The Morgan fingerprint density at radius 1 is 1.44 bits per heavy atom. The van der Waals surface area contributed by atoms with Gasteiger partial charge in [0, 0.05) is 22.0 Å². The Kier molecular flexibility index (Phi) is 7.68. The molecule has 1 rings (SSSR count). The highest BCUT2D eigenvalue weighted by molar-refractivity contribution is 9.10. The molecule has 0 aromatic heterocycles. The largest absolute Gasteiger partial charge is 0.467 e. The van der Waals surface area contributed by atoms with E-state index >= 15 is 0 Å². The zero-order valence-electron chi connectivity index (χ0n) is 14.2. The van der Waals surface area contributed by atoms with Crippen LogP contribution in [0.5, 0.6) is 0 Å². The molecule has 0 heterocycles. The lowest BCUT2D eigenvalue weighted by molar-refractivity contribution is -0.387. The van der Waals surface area contributed by atoms with Crippen LogP contribution in [0, 0.1) is 10.1 Å². The van der Waals surface area contributed by atoms with Crippen molar-refractivity contribution in [1.82, 2.24) is 5.32 Å². The second-order valence-corrected chi connectivity index (χ2v) is 7.88. The van der Waals surface area contributed by atoms with Crippen molar-refractivity contribution in [3.05, 3.63) is 32.8 Å². The highest BCUT2D eigenvalue weighted by Crippen LogP contribution is 2.32. The molecule has 10 heteroatoms. The maximum absolute atomic E-state index is 11.9. The first-order valence-electron chi connectivity index (χ1n) is 7.17. The van der Waals surface area contributed by atoms with E-state index in [9.17, 15) is 19.7 Å². The second-order valence-electron chi connectivity index (χ2n) is 5.90. The SMILES string of the molecule is COC(=O)[C@H](CSc1ccc(Br)cc1[N+](=O)[O-])NC(=O)OC(C)(C)C.[HH].[HH].[HH].[HH]. The fraction of sp³-hybridized carbons (Fsp3) is 0.467. The molecule has 146 valence electrons. The fourth-order valence-corrected chi connectivity index (χ4v) is 3.05. The minimum atomic E-state index is -1.01. The van der Waals surface area contributed by atoms with Crippen molar-refractivity contribution >= 4 is 45.4 Å². The molecule has 0 radical (unpaired) electrons. The topological polar surface area (TPSA) is 108 Å². The summed E-state index contributed by atoms with van der Waals surface area (Å²) < 4.78 is 10.3. The second kappa shape index (κ2) is 9.04. The molecular formula is C15H27BrN2O6S. The van der Waals surface area contributed by atoms with Gasteiger partial charge in [-0.1, -0.05) is 15.9 Å². The predicted octanol–water partition coefficient (Wildman–Crippen LogP) is 4.50. The number of nitro groups is 1. The summed E-state index contributed by atoms with van der Waals surface area (Å²) in [5, 5.41) is 13.6. The summed E-state index contributed by atoms with van der Waals surface area (Å²) >= 11 is 4.24. The van der Waals surface area contributed by atoms with E-state index < -0.39 is 28.6 Å². The quantitative estimate of drug-likeness (QED) is 0.299. The first-order valence-corrected chi connectivity index (χ1v) is 8.95. The van der Waals surface area contributed by atoms with E-state index in [0.717, 1.165) is 11.8 Å². The number of alkyl carbamates (subject to hydrolysis) is 1. The monoisotopic (exact) mass is 442 g/mol. The summed E-state index contributed by atoms with van der Waals surface area (Å²) in [5.41, 5.74) is -0.817. The van der Waals surface area contributed by atoms with Crippen LogP contribution in [0.2, 0.25) is 0 Å². The number of amides is 1. The van der Waals surface area contributed by atoms with Gasteiger partial charge in [-0.05, 0) is 32.9 Å². The lowest BCUT2D eigenvalue weighted by atomic mass is 10.2. The zero-order valence-corrected chi connectivity index (χ0v) is 16.6. The van der Waals surface area contributed by atoms with Crippen molar-refractivity contribution in [3.8, 4) is 0 Å². The zero-order chi connectivity index (χ0) is 19.2. The van der Waals surface area contributed by atoms with E-state index in [2.05, 4.69) is 26.0 Å². The molecule has 1 N–H and O–H groups in total. The van der Waals surface area contributed by atoms with Crippen LogP contribution in [0.3, 0.4) is 0 Å². The van der Waals surface area contributed by atoms with Crippen LogP contribution in [0.4, 0.5) is 10.5 Å². The van der Waals surface area contributed by atoms with Gasteiger partial charge in [-0.25, -0.2) is 9.59 Å². The summed E-state index contributed by atoms with van der Waals surface area (Å²) in [6, 6.07) is 3.59. The third kappa shape index (κ3) is 7.30. The molecule has 1 aromatic rings. The molecule has 0 saturated carbocycles. The number of ether oxygens (including phenoxy) is 2. The maximum Gasteiger partial charge on any atom is 0.408 e. The molecule has 0 spiro atoms. The number of nitrogens with zero attached hydrogens (tertiary/aromatic N) is 1. The Balaban J connectivity index is -0.000000781. The molecule has 0 bridgehead atoms. The molecule has 1 atom stereocenters. The molecule has 0 saturated heterocycles. The van der Waals surface area contributed by atoms with E-state index in [-0.39, 0.29) is 17.1 Å². The van der Waals surface area contributed by atoms with Crippen LogP contribution in [0.15, 0.2) is 27.6 Å². The van der Waals surface area contributed by atoms with E-state index in [1.54, 1.807) is 32.9 Å². The molecule has 8 nitrogen and oxygen atoms in total. The number of methoxy groups -OCH3 is 1. The number of nitro benzene ring substituents is 1. The van der Waals surface area contributed by atoms with Gasteiger partial charge in [0.05, 0.1) is 16.9 Å². The van der Waals surface area contributed by atoms with Crippen LogP contribution < -0.4 is 5.32 Å². The molecule has 0 fully saturated rings. The number of carbonyl (C=O) groups is 2. The number of halogens is 1. The van der Waals surface area contributed by atoms with Crippen molar-refractivity contribution < 1.29 is 29.7 Å². The molecule has 1 amide bonds. The average Bonchev–Trinajstić information content (AvgIpc) is 2.49. The van der Waals surface area contributed by atoms with Crippen molar-refractivity contribution in [2.45, 2.75) is 37.3 Å². The standard InChI is InChI=1S/C15H19BrN2O6S.4H2/c1-15(2,3)24-14(20)17-10(13(19)23-4)8-25-12-6-5-9(16)7-11(12)18(21)22;;;;/h5-7,10H,8H2,1-4H3,(H,17,20);4*1H/t10-;;;;/m0..../s1. The van der Waals surface area contributed by atoms with E-state index in [1.165, 1.54) is 13.2 Å². The highest BCUT2D eigenvalue weighted by atomic mass is 79.9. The number of hydrogen-bond donors (Lipinski definition) is 1. The van der Waals surface area contributed by atoms with Gasteiger partial charge in [0.1, 0.15) is 11.6 Å². The number of esters is 1. The fourth-order valence-electron chi connectivity index (χ4n) is 1.69. The van der Waals surface area contributed by atoms with Crippen molar-refractivity contribution in [2.24, 2.45) is 0 Å². The summed E-state index contributed by atoms with van der Waals surface area (Å²) in [4.78, 5) is 34.7. The highest BCUT2D eigenvalue weighted by Gasteiger charge is 2.26. The number of benzene rings is 1. The Morgan fingerprint density at radius 2 is 2.08 bits per heavy atom. The van der Waals surface area contributed by atoms with Gasteiger partial charge in [0.25, 0.3) is 5.69 Å². The minimum absolute atomic E-state index is 0. The molecular weight excluding hydrogens is 416 g/mol. The Labute approximate surface area is 163 Å². The normalized spacial score (nSPS) is 12.2. The lowest BCUT2D eigenvalue weighted by Crippen LogP contribution is -2.45. The lowest BCUT2D eigenvalue weighted by Gasteiger charge is -2.22. The van der Waals surface area contributed by atoms with Crippen LogP contribution >= 0.6 is 27.7 Å². The Bertz CT molecular complexity index is 679. The summed E-state index contributed by atoms with van der Waals surface area (Å²) in [7, 11) is 1.19. The number of carbonyl (C=O) groups excluding carboxylic acids is 2. The van der Waals surface area contributed by atoms with Crippen LogP contribution in [-0.2, 0) is 14.3 Å². The van der Waals surface area contributed by atoms with Gasteiger partial charge in [-0.15, -0.1) is 11.8 Å². The van der Waals surface area contributed by atoms with E-state index in [0.29, 0.717) is 9.37 Å². The molecule has 0 aliphatic rings. The van der Waals surface area contributed by atoms with Crippen molar-refractivity contribution in [1.29, 1.82) is 0 Å². The summed E-state index contributed by atoms with van der Waals surface area (Å²) in [6.45, 7) is 5.08. The van der Waals surface area contributed by atoms with Gasteiger partial charge < -0.3 is 14.8 Å². The van der Waals surface area contributed by atoms with Crippen LogP contribution in [-0.4, -0.2) is 41.5 Å². The first kappa shape index (κ1) is 21.2. The van der Waals surface area contributed by atoms with Crippen molar-refractivity contribution in [3.63, 3.8) is 0 Å². The molecule has 25 heavy (non-hydrogen) atoms. The summed E-state index contributed by atoms with van der Waals surface area (Å²) in [5.74, 6) is -0.618. The van der Waals surface area contributed by atoms with Crippen molar-refractivity contribution in [2.75, 3.05) is 12.9 Å². The van der Waals surface area contributed by atoms with Gasteiger partial charge in [-0.3, -0.25) is 10.1 Å². The maximum atomic E-state index is 11.9. The van der Waals surface area contributed by atoms with Gasteiger partial charge >= 0.3 is 12.1 Å². The van der Waals surface area contributed by atoms with E-state index in [4.69, 9.17) is 4.74 Å². The molecule has 0 aliphatic carbocycles. The third-order valence-corrected chi connectivity index (χ3v) is 4.35. The molecule has 0 unspecified atom stereocenters. The predicted molar refractivity (Wildman–Crippen MR) is 105 cm³/mol. The van der Waals surface area contributed by atoms with Gasteiger partial charge in [0.2, 0.25) is 0 Å². The van der Waals surface area contributed by atoms with Gasteiger partial charge in [-0.2, -0.15) is 0 Å². The van der Waals surface area contributed by atoms with Crippen LogP contribution in [0.25, 0.3) is 0 Å². The Hall–Kier alpha value is -1.81. The van der Waals surface area contributed by atoms with Crippen LogP contribution in [0.1, 0.15) is 26.5 Å². The first-order chi connectivity index (χ1) is 11.5. The van der Waals surface area contributed by atoms with Gasteiger partial charge in [0.15, 0.2) is 0 Å². The Morgan fingerprint density at radius 3 is 2.60 bits per heavy atom. The third-order valence-electron chi connectivity index (χ3n) is 2.70. The number of hydrogen-bond acceptors (Lipinski definition) is 7. The number of nitrogens with one attached hydrogen (secondary N) is 1. The smallest absolute Gasteiger partial charge is 0.408 e. The number of rotatable bonds is 6. The minimum Gasteiger partial charge on any atom is -0.467 e. The van der Waals surface area contributed by atoms with E-state index in [1.807, 2.05) is 0 Å². The average molecular weight is 443 g/mol. The molecule has 0 aliphatic heterocycles.